The second kappa shape index (κ2) is 8.40. The largest absolute Gasteiger partial charge is 0.454 e. The highest BCUT2D eigenvalue weighted by atomic mass is 32.2. The van der Waals surface area contributed by atoms with Gasteiger partial charge in [-0.1, -0.05) is 17.4 Å². The van der Waals surface area contributed by atoms with E-state index < -0.39 is 22.0 Å². The molecular weight excluding hydrogens is 464 g/mol. The number of aryl methyl sites for hydroxylation is 2. The molecule has 5 rings (SSSR count). The molecule has 2 aliphatic heterocycles. The van der Waals surface area contributed by atoms with Crippen LogP contribution < -0.4 is 14.8 Å². The van der Waals surface area contributed by atoms with Crippen LogP contribution in [0.2, 0.25) is 0 Å². The molecule has 1 N–H and O–H groups in total. The van der Waals surface area contributed by atoms with Crippen LogP contribution in [0.5, 0.6) is 11.5 Å². The Morgan fingerprint density at radius 3 is 2.73 bits per heavy atom. The van der Waals surface area contributed by atoms with Crippen molar-refractivity contribution in [3.63, 3.8) is 0 Å². The van der Waals surface area contributed by atoms with Crippen molar-refractivity contribution in [2.24, 2.45) is 0 Å². The first-order valence-corrected chi connectivity index (χ1v) is 12.7. The standard InChI is InChI=1S/C22H22N4O5S2/c1-13-5-7-16(10-14(13)2)33(28,29)26-9-3-4-17(26)21-24-25-22(32-21)20(27)23-15-6-8-18-19(11-15)31-12-30-18/h5-8,10-11,17H,3-4,9,12H2,1-2H3,(H,23,27)/t17-/m0/s1. The number of ether oxygens (including phenoxy) is 2. The maximum Gasteiger partial charge on any atom is 0.286 e. The highest BCUT2D eigenvalue weighted by Crippen LogP contribution is 2.38. The number of amides is 1. The molecule has 1 saturated heterocycles. The summed E-state index contributed by atoms with van der Waals surface area (Å²) in [7, 11) is -3.69. The third-order valence-corrected chi connectivity index (χ3v) is 8.77. The van der Waals surface area contributed by atoms with Crippen LogP contribution in [0.3, 0.4) is 0 Å². The fraction of sp³-hybridized carbons (Fsp3) is 0.318. The molecule has 3 aromatic rings. The molecule has 1 fully saturated rings. The van der Waals surface area contributed by atoms with Gasteiger partial charge in [0.1, 0.15) is 5.01 Å². The summed E-state index contributed by atoms with van der Waals surface area (Å²) in [4.78, 5) is 13.0. The van der Waals surface area contributed by atoms with E-state index in [9.17, 15) is 13.2 Å². The minimum Gasteiger partial charge on any atom is -0.454 e. The summed E-state index contributed by atoms with van der Waals surface area (Å²) < 4.78 is 38.8. The maximum absolute atomic E-state index is 13.3. The van der Waals surface area contributed by atoms with Crippen LogP contribution in [0.4, 0.5) is 5.69 Å². The second-order valence-corrected chi connectivity index (χ2v) is 10.9. The van der Waals surface area contributed by atoms with Crippen molar-refractivity contribution in [3.8, 4) is 11.5 Å². The normalized spacial score (nSPS) is 17.9. The molecule has 1 aromatic heterocycles. The molecule has 2 aromatic carbocycles. The van der Waals surface area contributed by atoms with Gasteiger partial charge in [-0.15, -0.1) is 10.2 Å². The number of hydrogen-bond acceptors (Lipinski definition) is 8. The molecule has 0 radical (unpaired) electrons. The molecule has 0 spiro atoms. The predicted molar refractivity (Wildman–Crippen MR) is 122 cm³/mol. The van der Waals surface area contributed by atoms with Gasteiger partial charge in [0.05, 0.1) is 10.9 Å². The molecule has 33 heavy (non-hydrogen) atoms. The molecule has 0 unspecified atom stereocenters. The van der Waals surface area contributed by atoms with Crippen LogP contribution in [-0.4, -0.2) is 42.2 Å². The van der Waals surface area contributed by atoms with Gasteiger partial charge in [0.2, 0.25) is 21.8 Å². The Kier molecular flexibility index (Phi) is 5.55. The number of carbonyl (C=O) groups excluding carboxylic acids is 1. The van der Waals surface area contributed by atoms with E-state index in [0.717, 1.165) is 22.5 Å². The summed E-state index contributed by atoms with van der Waals surface area (Å²) in [5, 5.41) is 11.6. The molecule has 172 valence electrons. The Morgan fingerprint density at radius 1 is 1.09 bits per heavy atom. The summed E-state index contributed by atoms with van der Waals surface area (Å²) in [6, 6.07) is 9.82. The van der Waals surface area contributed by atoms with Gasteiger partial charge in [0, 0.05) is 18.3 Å². The van der Waals surface area contributed by atoms with Crippen molar-refractivity contribution in [2.45, 2.75) is 37.6 Å². The molecule has 0 saturated carbocycles. The monoisotopic (exact) mass is 486 g/mol. The molecule has 1 amide bonds. The molecule has 11 heteroatoms. The van der Waals surface area contributed by atoms with Gasteiger partial charge in [-0.2, -0.15) is 4.31 Å². The number of sulfonamides is 1. The number of hydrogen-bond donors (Lipinski definition) is 1. The lowest BCUT2D eigenvalue weighted by atomic mass is 10.1. The summed E-state index contributed by atoms with van der Waals surface area (Å²) in [5.41, 5.74) is 2.50. The average molecular weight is 487 g/mol. The number of carbonyl (C=O) groups is 1. The van der Waals surface area contributed by atoms with Crippen molar-refractivity contribution in [3.05, 3.63) is 57.5 Å². The van der Waals surface area contributed by atoms with Gasteiger partial charge < -0.3 is 14.8 Å². The van der Waals surface area contributed by atoms with E-state index in [1.54, 1.807) is 30.3 Å². The van der Waals surface area contributed by atoms with Crippen molar-refractivity contribution >= 4 is 33.0 Å². The molecule has 9 nitrogen and oxygen atoms in total. The van der Waals surface area contributed by atoms with Gasteiger partial charge in [0.15, 0.2) is 11.5 Å². The zero-order chi connectivity index (χ0) is 23.2. The van der Waals surface area contributed by atoms with E-state index in [1.165, 1.54) is 4.31 Å². The molecule has 3 heterocycles. The molecule has 0 bridgehead atoms. The molecular formula is C22H22N4O5S2. The number of nitrogens with one attached hydrogen (secondary N) is 1. The minimum absolute atomic E-state index is 0.148. The van der Waals surface area contributed by atoms with Crippen LogP contribution in [0.1, 0.15) is 44.8 Å². The zero-order valence-corrected chi connectivity index (χ0v) is 19.7. The van der Waals surface area contributed by atoms with Crippen molar-refractivity contribution < 1.29 is 22.7 Å². The van der Waals surface area contributed by atoms with Gasteiger partial charge >= 0.3 is 0 Å². The SMILES string of the molecule is Cc1ccc(S(=O)(=O)N2CCC[C@H]2c2nnc(C(=O)Nc3ccc4c(c3)OCO4)s2)cc1C. The predicted octanol–water partition coefficient (Wildman–Crippen LogP) is 3.66. The Labute approximate surface area is 195 Å². The highest BCUT2D eigenvalue weighted by Gasteiger charge is 2.38. The zero-order valence-electron chi connectivity index (χ0n) is 18.1. The Bertz CT molecular complexity index is 1340. The number of aromatic nitrogens is 2. The van der Waals surface area contributed by atoms with E-state index in [4.69, 9.17) is 9.47 Å². The first-order valence-electron chi connectivity index (χ1n) is 10.5. The van der Waals surface area contributed by atoms with Crippen LogP contribution in [-0.2, 0) is 10.0 Å². The highest BCUT2D eigenvalue weighted by molar-refractivity contribution is 7.89. The van der Waals surface area contributed by atoms with Crippen molar-refractivity contribution in [1.82, 2.24) is 14.5 Å². The van der Waals surface area contributed by atoms with Gasteiger partial charge in [0.25, 0.3) is 5.91 Å². The van der Waals surface area contributed by atoms with E-state index in [1.807, 2.05) is 19.9 Å². The fourth-order valence-electron chi connectivity index (χ4n) is 3.90. The van der Waals surface area contributed by atoms with Crippen LogP contribution in [0.25, 0.3) is 0 Å². The smallest absolute Gasteiger partial charge is 0.286 e. The third-order valence-electron chi connectivity index (χ3n) is 5.84. The topological polar surface area (TPSA) is 111 Å². The van der Waals surface area contributed by atoms with Crippen LogP contribution in [0, 0.1) is 13.8 Å². The Balaban J connectivity index is 1.35. The molecule has 1 atom stereocenters. The summed E-state index contributed by atoms with van der Waals surface area (Å²) >= 11 is 1.11. The average Bonchev–Trinajstić information content (AvgIpc) is 3.54. The lowest BCUT2D eigenvalue weighted by Crippen LogP contribution is -2.30. The van der Waals surface area contributed by atoms with Gasteiger partial charge in [-0.3, -0.25) is 4.79 Å². The summed E-state index contributed by atoms with van der Waals surface area (Å²) in [5.74, 6) is 0.764. The summed E-state index contributed by atoms with van der Waals surface area (Å²) in [6.07, 6.45) is 1.34. The maximum atomic E-state index is 13.3. The Morgan fingerprint density at radius 2 is 1.91 bits per heavy atom. The number of rotatable bonds is 5. The third kappa shape index (κ3) is 4.07. The van der Waals surface area contributed by atoms with Crippen LogP contribution >= 0.6 is 11.3 Å². The molecule has 2 aliphatic rings. The van der Waals surface area contributed by atoms with E-state index in [2.05, 4.69) is 15.5 Å². The first kappa shape index (κ1) is 21.8. The lowest BCUT2D eigenvalue weighted by Gasteiger charge is -2.22. The van der Waals surface area contributed by atoms with Crippen molar-refractivity contribution in [1.29, 1.82) is 0 Å². The minimum atomic E-state index is -3.69. The van der Waals surface area contributed by atoms with E-state index in [-0.39, 0.29) is 16.7 Å². The van der Waals surface area contributed by atoms with Gasteiger partial charge in [-0.25, -0.2) is 8.42 Å². The van der Waals surface area contributed by atoms with Crippen LogP contribution in [0.15, 0.2) is 41.3 Å². The van der Waals surface area contributed by atoms with Gasteiger partial charge in [-0.05, 0) is 62.1 Å². The quantitative estimate of drug-likeness (QED) is 0.586. The number of benzene rings is 2. The second-order valence-electron chi connectivity index (χ2n) is 7.99. The van der Waals surface area contributed by atoms with Crippen molar-refractivity contribution in [2.75, 3.05) is 18.7 Å². The lowest BCUT2D eigenvalue weighted by molar-refractivity contribution is 0.102. The first-order chi connectivity index (χ1) is 15.8. The summed E-state index contributed by atoms with van der Waals surface area (Å²) in [6.45, 7) is 4.39. The fourth-order valence-corrected chi connectivity index (χ4v) is 6.60. The van der Waals surface area contributed by atoms with E-state index in [0.29, 0.717) is 41.6 Å². The molecule has 0 aliphatic carbocycles. The van der Waals surface area contributed by atoms with E-state index >= 15 is 0 Å². The number of fused-ring (bicyclic) bond motifs is 1. The number of anilines is 1. The number of nitrogens with zero attached hydrogens (tertiary/aromatic N) is 3. The Hall–Kier alpha value is -3.02.